The molecule has 2 heteroatoms. The first-order chi connectivity index (χ1) is 10.3. The number of aliphatic hydroxyl groups excluding tert-OH is 1. The monoisotopic (exact) mass is 322 g/mol. The number of aliphatic hydroxyl groups is 1. The van der Waals surface area contributed by atoms with Crippen LogP contribution in [0.3, 0.4) is 0 Å². The molecule has 0 aromatic carbocycles. The molecule has 0 heterocycles. The van der Waals surface area contributed by atoms with Crippen molar-refractivity contribution in [3.05, 3.63) is 0 Å². The number of rotatable bonds is 17. The summed E-state index contributed by atoms with van der Waals surface area (Å²) < 4.78 is 0. The quantitative estimate of drug-likeness (QED) is 0.244. The van der Waals surface area contributed by atoms with Crippen molar-refractivity contribution in [2.75, 3.05) is 0 Å². The predicted octanol–water partition coefficient (Wildman–Crippen LogP) is 6.37. The van der Waals surface area contributed by atoms with Gasteiger partial charge < -0.3 is 5.11 Å². The number of unbranched alkanes of at least 4 members (excludes halogenated alkanes) is 15. The molecule has 1 atom stereocenters. The molecule has 0 aliphatic carbocycles. The summed E-state index contributed by atoms with van der Waals surface area (Å²) >= 11 is 0. The fraction of sp³-hybridized carbons (Fsp3) is 1.00. The molecular formula is C20H43NaO. The molecule has 0 radical (unpaired) electrons. The molecule has 0 rings (SSSR count). The molecule has 0 aromatic rings. The second kappa shape index (κ2) is 22.0. The summed E-state index contributed by atoms with van der Waals surface area (Å²) in [6.07, 6.45) is 23.5. The second-order valence-corrected chi connectivity index (χ2v) is 6.94. The molecule has 0 saturated heterocycles. The van der Waals surface area contributed by atoms with E-state index >= 15 is 0 Å². The number of hydrogen-bond acceptors (Lipinski definition) is 1. The van der Waals surface area contributed by atoms with Crippen LogP contribution in [-0.4, -0.2) is 40.8 Å². The Morgan fingerprint density at radius 3 is 1.09 bits per heavy atom. The van der Waals surface area contributed by atoms with E-state index in [2.05, 4.69) is 6.92 Å². The first kappa shape index (κ1) is 25.2. The summed E-state index contributed by atoms with van der Waals surface area (Å²) in [5.74, 6) is 0. The zero-order valence-corrected chi connectivity index (χ0v) is 15.0. The predicted molar refractivity (Wildman–Crippen MR) is 103 cm³/mol. The van der Waals surface area contributed by atoms with E-state index in [1.807, 2.05) is 6.92 Å². The Morgan fingerprint density at radius 1 is 0.545 bits per heavy atom. The molecule has 0 fully saturated rings. The third-order valence-corrected chi connectivity index (χ3v) is 4.48. The van der Waals surface area contributed by atoms with Gasteiger partial charge in [0.1, 0.15) is 0 Å². The van der Waals surface area contributed by atoms with Crippen LogP contribution in [0.2, 0.25) is 0 Å². The van der Waals surface area contributed by atoms with E-state index in [0.717, 1.165) is 6.42 Å². The van der Waals surface area contributed by atoms with Gasteiger partial charge in [-0.3, -0.25) is 0 Å². The minimum absolute atomic E-state index is 0. The van der Waals surface area contributed by atoms with Crippen molar-refractivity contribution in [2.24, 2.45) is 0 Å². The number of hydrogen-bond donors (Lipinski definition) is 1. The van der Waals surface area contributed by atoms with Crippen molar-refractivity contribution in [2.45, 2.75) is 129 Å². The average Bonchev–Trinajstić information content (AvgIpc) is 2.46. The van der Waals surface area contributed by atoms with Gasteiger partial charge in [0.05, 0.1) is 6.10 Å². The summed E-state index contributed by atoms with van der Waals surface area (Å²) in [7, 11) is 0. The van der Waals surface area contributed by atoms with E-state index < -0.39 is 0 Å². The first-order valence-corrected chi connectivity index (χ1v) is 9.95. The Labute approximate surface area is 163 Å². The van der Waals surface area contributed by atoms with E-state index in [-0.39, 0.29) is 35.7 Å². The first-order valence-electron chi connectivity index (χ1n) is 9.95. The van der Waals surface area contributed by atoms with Crippen LogP contribution in [0.1, 0.15) is 123 Å². The molecule has 0 amide bonds. The summed E-state index contributed by atoms with van der Waals surface area (Å²) in [4.78, 5) is 0. The molecule has 0 spiro atoms. The van der Waals surface area contributed by atoms with Crippen molar-refractivity contribution in [1.82, 2.24) is 0 Å². The molecule has 0 saturated carbocycles. The van der Waals surface area contributed by atoms with E-state index in [0.29, 0.717) is 0 Å². The Kier molecular flexibility index (Phi) is 25.2. The summed E-state index contributed by atoms with van der Waals surface area (Å²) in [6.45, 7) is 4.18. The molecule has 22 heavy (non-hydrogen) atoms. The molecular weight excluding hydrogens is 279 g/mol. The van der Waals surface area contributed by atoms with Gasteiger partial charge in [-0.2, -0.15) is 0 Å². The third-order valence-electron chi connectivity index (χ3n) is 4.48. The molecule has 1 N–H and O–H groups in total. The fourth-order valence-corrected chi connectivity index (χ4v) is 2.99. The van der Waals surface area contributed by atoms with Crippen LogP contribution in [0.15, 0.2) is 0 Å². The Morgan fingerprint density at radius 2 is 0.818 bits per heavy atom. The topological polar surface area (TPSA) is 20.2 Å². The fourth-order valence-electron chi connectivity index (χ4n) is 2.99. The molecule has 130 valence electrons. The van der Waals surface area contributed by atoms with Crippen molar-refractivity contribution in [3.63, 3.8) is 0 Å². The maximum absolute atomic E-state index is 9.17. The van der Waals surface area contributed by atoms with Gasteiger partial charge in [0.2, 0.25) is 0 Å². The molecule has 0 aliphatic rings. The van der Waals surface area contributed by atoms with Gasteiger partial charge in [-0.05, 0) is 13.3 Å². The van der Waals surface area contributed by atoms with Gasteiger partial charge in [0.25, 0.3) is 0 Å². The van der Waals surface area contributed by atoms with Crippen LogP contribution in [0.25, 0.3) is 0 Å². The van der Waals surface area contributed by atoms with E-state index in [4.69, 9.17) is 5.11 Å². The summed E-state index contributed by atoms with van der Waals surface area (Å²) in [6, 6.07) is 0. The van der Waals surface area contributed by atoms with Crippen LogP contribution >= 0.6 is 0 Å². The SMILES string of the molecule is CCCCCCCCCCCCCCCCCCC(C)O.[NaH]. The Bertz CT molecular complexity index is 183. The molecule has 0 bridgehead atoms. The zero-order chi connectivity index (χ0) is 15.6. The maximum atomic E-state index is 9.17. The summed E-state index contributed by atoms with van der Waals surface area (Å²) in [5, 5.41) is 9.17. The molecule has 1 unspecified atom stereocenters. The third kappa shape index (κ3) is 23.2. The van der Waals surface area contributed by atoms with Gasteiger partial charge in [0.15, 0.2) is 0 Å². The standard InChI is InChI=1S/C20H42O.Na.H/c1-3-4-5-6-7-8-9-10-11-12-13-14-15-16-17-18-19-20(2)21;;/h20-21H,3-19H2,1-2H3;;. The molecule has 1 nitrogen and oxygen atoms in total. The van der Waals surface area contributed by atoms with E-state index in [1.54, 1.807) is 0 Å². The summed E-state index contributed by atoms with van der Waals surface area (Å²) in [5.41, 5.74) is 0. The van der Waals surface area contributed by atoms with Crippen LogP contribution in [0, 0.1) is 0 Å². The van der Waals surface area contributed by atoms with Crippen LogP contribution < -0.4 is 0 Å². The van der Waals surface area contributed by atoms with Crippen LogP contribution in [0.5, 0.6) is 0 Å². The molecule has 0 aliphatic heterocycles. The average molecular weight is 323 g/mol. The van der Waals surface area contributed by atoms with Crippen molar-refractivity contribution in [1.29, 1.82) is 0 Å². The Hall–Kier alpha value is 0.960. The molecule has 0 aromatic heterocycles. The van der Waals surface area contributed by atoms with Gasteiger partial charge >= 0.3 is 29.6 Å². The van der Waals surface area contributed by atoms with Crippen LogP contribution in [-0.2, 0) is 0 Å². The van der Waals surface area contributed by atoms with Crippen molar-refractivity contribution < 1.29 is 5.11 Å². The van der Waals surface area contributed by atoms with Crippen molar-refractivity contribution >= 4 is 29.6 Å². The van der Waals surface area contributed by atoms with Crippen molar-refractivity contribution in [3.8, 4) is 0 Å². The van der Waals surface area contributed by atoms with Gasteiger partial charge in [-0.25, -0.2) is 0 Å². The van der Waals surface area contributed by atoms with Gasteiger partial charge in [-0.1, -0.05) is 110 Å². The zero-order valence-electron chi connectivity index (χ0n) is 15.0. The normalized spacial score (nSPS) is 12.1. The van der Waals surface area contributed by atoms with E-state index in [9.17, 15) is 0 Å². The Balaban J connectivity index is 0. The second-order valence-electron chi connectivity index (χ2n) is 6.94. The van der Waals surface area contributed by atoms with Gasteiger partial charge in [0, 0.05) is 0 Å². The minimum atomic E-state index is -0.100. The van der Waals surface area contributed by atoms with Gasteiger partial charge in [-0.15, -0.1) is 0 Å². The van der Waals surface area contributed by atoms with Crippen LogP contribution in [0.4, 0.5) is 0 Å². The van der Waals surface area contributed by atoms with E-state index in [1.165, 1.54) is 103 Å².